The Kier molecular flexibility index (Phi) is 5.71. The predicted octanol–water partition coefficient (Wildman–Crippen LogP) is 4.51. The number of amides is 1. The van der Waals surface area contributed by atoms with E-state index in [1.54, 1.807) is 47.0 Å². The monoisotopic (exact) mass is 456 g/mol. The minimum atomic E-state index is -4.47. The second-order valence-corrected chi connectivity index (χ2v) is 7.36. The standard InChI is InChI=1S/C24H19F3N2O4/c1-32-20(30)13-33-19-10-4-9-18-22(19)21-16(23(28)31)7-3-8-17(21)29(18)12-14-5-2-6-15(11-14)24(25,26)27/h2-11H,12-13H2,1H3,(H2,28,31). The Balaban J connectivity index is 1.94. The minimum Gasteiger partial charge on any atom is -0.481 e. The maximum atomic E-state index is 13.2. The lowest BCUT2D eigenvalue weighted by Gasteiger charge is -2.12. The molecule has 0 spiro atoms. The molecule has 0 saturated carbocycles. The lowest BCUT2D eigenvalue weighted by atomic mass is 10.1. The molecule has 6 nitrogen and oxygen atoms in total. The van der Waals surface area contributed by atoms with E-state index in [1.165, 1.54) is 13.2 Å². The molecule has 4 aromatic rings. The fraction of sp³-hybridized carbons (Fsp3) is 0.167. The second-order valence-electron chi connectivity index (χ2n) is 7.36. The molecule has 3 aromatic carbocycles. The van der Waals surface area contributed by atoms with Crippen LogP contribution in [0.15, 0.2) is 60.7 Å². The highest BCUT2D eigenvalue weighted by molar-refractivity contribution is 6.19. The lowest BCUT2D eigenvalue weighted by Crippen LogP contribution is -2.13. The van der Waals surface area contributed by atoms with Gasteiger partial charge in [0.1, 0.15) is 5.75 Å². The van der Waals surface area contributed by atoms with Crippen LogP contribution in [0.5, 0.6) is 5.75 Å². The summed E-state index contributed by atoms with van der Waals surface area (Å²) < 4.78 is 51.7. The molecule has 1 amide bonds. The van der Waals surface area contributed by atoms with Crippen LogP contribution in [0.2, 0.25) is 0 Å². The fourth-order valence-corrected chi connectivity index (χ4v) is 3.87. The van der Waals surface area contributed by atoms with Crippen LogP contribution in [0.4, 0.5) is 13.2 Å². The van der Waals surface area contributed by atoms with Crippen molar-refractivity contribution in [1.82, 2.24) is 4.57 Å². The maximum absolute atomic E-state index is 13.2. The van der Waals surface area contributed by atoms with Gasteiger partial charge in [0.25, 0.3) is 0 Å². The molecule has 2 N–H and O–H groups in total. The van der Waals surface area contributed by atoms with Crippen molar-refractivity contribution in [2.24, 2.45) is 5.73 Å². The van der Waals surface area contributed by atoms with E-state index in [-0.39, 0.29) is 18.7 Å². The number of nitrogens with zero attached hydrogens (tertiary/aromatic N) is 1. The van der Waals surface area contributed by atoms with Crippen molar-refractivity contribution in [2.75, 3.05) is 13.7 Å². The number of aromatic nitrogens is 1. The number of hydrogen-bond acceptors (Lipinski definition) is 4. The molecular formula is C24H19F3N2O4. The van der Waals surface area contributed by atoms with Crippen molar-refractivity contribution < 1.29 is 32.2 Å². The predicted molar refractivity (Wildman–Crippen MR) is 116 cm³/mol. The molecule has 4 rings (SSSR count). The zero-order chi connectivity index (χ0) is 23.8. The van der Waals surface area contributed by atoms with E-state index in [4.69, 9.17) is 10.5 Å². The van der Waals surface area contributed by atoms with E-state index in [1.807, 2.05) is 0 Å². The highest BCUT2D eigenvalue weighted by atomic mass is 19.4. The second kappa shape index (κ2) is 8.50. The summed E-state index contributed by atoms with van der Waals surface area (Å²) in [5.74, 6) is -0.935. The normalized spacial score (nSPS) is 11.6. The van der Waals surface area contributed by atoms with Gasteiger partial charge in [-0.1, -0.05) is 24.3 Å². The molecule has 1 aromatic heterocycles. The van der Waals surface area contributed by atoms with E-state index in [0.717, 1.165) is 12.1 Å². The SMILES string of the molecule is COC(=O)COc1cccc2c1c1c(C(N)=O)cccc1n2Cc1cccc(C(F)(F)F)c1. The van der Waals surface area contributed by atoms with Gasteiger partial charge >= 0.3 is 12.1 Å². The number of primary amides is 1. The third-order valence-electron chi connectivity index (χ3n) is 5.31. The number of alkyl halides is 3. The summed E-state index contributed by atoms with van der Waals surface area (Å²) in [7, 11) is 1.23. The maximum Gasteiger partial charge on any atom is 0.416 e. The highest BCUT2D eigenvalue weighted by Gasteiger charge is 2.30. The number of hydrogen-bond donors (Lipinski definition) is 1. The molecule has 0 atom stereocenters. The summed E-state index contributed by atoms with van der Waals surface area (Å²) in [4.78, 5) is 23.8. The van der Waals surface area contributed by atoms with Crippen LogP contribution < -0.4 is 10.5 Å². The molecule has 170 valence electrons. The molecule has 0 aliphatic rings. The number of esters is 1. The number of benzene rings is 3. The van der Waals surface area contributed by atoms with Crippen molar-refractivity contribution >= 4 is 33.7 Å². The Labute approximate surface area is 186 Å². The number of ether oxygens (including phenoxy) is 2. The van der Waals surface area contributed by atoms with Gasteiger partial charge in [0.2, 0.25) is 5.91 Å². The number of rotatable bonds is 6. The fourth-order valence-electron chi connectivity index (χ4n) is 3.87. The average molecular weight is 456 g/mol. The molecular weight excluding hydrogens is 437 g/mol. The summed E-state index contributed by atoms with van der Waals surface area (Å²) in [6, 6.07) is 15.1. The Morgan fingerprint density at radius 3 is 2.30 bits per heavy atom. The van der Waals surface area contributed by atoms with Crippen molar-refractivity contribution in [2.45, 2.75) is 12.7 Å². The van der Waals surface area contributed by atoms with Gasteiger partial charge in [-0.3, -0.25) is 4.79 Å². The molecule has 0 unspecified atom stereocenters. The minimum absolute atomic E-state index is 0.104. The van der Waals surface area contributed by atoms with Gasteiger partial charge in [0, 0.05) is 17.5 Å². The largest absolute Gasteiger partial charge is 0.481 e. The molecule has 0 aliphatic carbocycles. The van der Waals surface area contributed by atoms with Gasteiger partial charge in [-0.25, -0.2) is 4.79 Å². The first-order chi connectivity index (χ1) is 15.7. The third-order valence-corrected chi connectivity index (χ3v) is 5.31. The van der Waals surface area contributed by atoms with E-state index in [0.29, 0.717) is 33.1 Å². The molecule has 9 heteroatoms. The van der Waals surface area contributed by atoms with Crippen LogP contribution in [0.3, 0.4) is 0 Å². The summed E-state index contributed by atoms with van der Waals surface area (Å²) >= 11 is 0. The van der Waals surface area contributed by atoms with E-state index in [2.05, 4.69) is 4.74 Å². The Morgan fingerprint density at radius 2 is 1.64 bits per heavy atom. The third kappa shape index (κ3) is 4.21. The summed E-state index contributed by atoms with van der Waals surface area (Å²) in [5, 5.41) is 1.02. The van der Waals surface area contributed by atoms with Crippen molar-refractivity contribution in [3.05, 3.63) is 77.4 Å². The average Bonchev–Trinajstić information content (AvgIpc) is 3.11. The number of nitrogens with two attached hydrogens (primary N) is 1. The summed E-state index contributed by atoms with van der Waals surface area (Å²) in [6.07, 6.45) is -4.47. The molecule has 33 heavy (non-hydrogen) atoms. The molecule has 1 heterocycles. The van der Waals surface area contributed by atoms with Crippen molar-refractivity contribution in [1.29, 1.82) is 0 Å². The van der Waals surface area contributed by atoms with Gasteiger partial charge in [0.05, 0.1) is 29.1 Å². The zero-order valence-electron chi connectivity index (χ0n) is 17.5. The number of halogens is 3. The number of carbonyl (C=O) groups is 2. The number of methoxy groups -OCH3 is 1. The molecule has 0 fully saturated rings. The Hall–Kier alpha value is -4.01. The van der Waals surface area contributed by atoms with E-state index < -0.39 is 23.6 Å². The molecule has 0 aliphatic heterocycles. The van der Waals surface area contributed by atoms with Gasteiger partial charge in [-0.15, -0.1) is 0 Å². The highest BCUT2D eigenvalue weighted by Crippen LogP contribution is 2.38. The lowest BCUT2D eigenvalue weighted by molar-refractivity contribution is -0.143. The topological polar surface area (TPSA) is 83.6 Å². The van der Waals surface area contributed by atoms with Crippen LogP contribution in [0.1, 0.15) is 21.5 Å². The molecule has 0 radical (unpaired) electrons. The van der Waals surface area contributed by atoms with Crippen molar-refractivity contribution in [3.8, 4) is 5.75 Å². The van der Waals surface area contributed by atoms with Crippen LogP contribution in [0, 0.1) is 0 Å². The number of carbonyl (C=O) groups excluding carboxylic acids is 2. The molecule has 0 saturated heterocycles. The zero-order valence-corrected chi connectivity index (χ0v) is 17.5. The van der Waals surface area contributed by atoms with E-state index in [9.17, 15) is 22.8 Å². The van der Waals surface area contributed by atoms with Crippen LogP contribution in [-0.4, -0.2) is 30.2 Å². The van der Waals surface area contributed by atoms with Gasteiger partial charge in [-0.05, 0) is 42.0 Å². The first-order valence-electron chi connectivity index (χ1n) is 9.90. The smallest absolute Gasteiger partial charge is 0.416 e. The van der Waals surface area contributed by atoms with Gasteiger partial charge in [0.15, 0.2) is 6.61 Å². The Morgan fingerprint density at radius 1 is 0.970 bits per heavy atom. The van der Waals surface area contributed by atoms with Crippen molar-refractivity contribution in [3.63, 3.8) is 0 Å². The quantitative estimate of drug-likeness (QED) is 0.433. The summed E-state index contributed by atoms with van der Waals surface area (Å²) in [5.41, 5.74) is 6.71. The Bertz CT molecular complexity index is 1380. The summed E-state index contributed by atoms with van der Waals surface area (Å²) in [6.45, 7) is -0.249. The van der Waals surface area contributed by atoms with E-state index >= 15 is 0 Å². The van der Waals surface area contributed by atoms with Crippen LogP contribution in [-0.2, 0) is 22.3 Å². The number of fused-ring (bicyclic) bond motifs is 3. The first-order valence-corrected chi connectivity index (χ1v) is 9.90. The van der Waals surface area contributed by atoms with Crippen LogP contribution >= 0.6 is 0 Å². The molecule has 0 bridgehead atoms. The van der Waals surface area contributed by atoms with Gasteiger partial charge in [-0.2, -0.15) is 13.2 Å². The van der Waals surface area contributed by atoms with Crippen LogP contribution in [0.25, 0.3) is 21.8 Å². The first kappa shape index (κ1) is 22.2. The van der Waals surface area contributed by atoms with Gasteiger partial charge < -0.3 is 19.8 Å².